The number of hydrazine groups is 1. The number of nitrogens with two attached hydrogens (primary N) is 1. The third kappa shape index (κ3) is 2.56. The summed E-state index contributed by atoms with van der Waals surface area (Å²) in [4.78, 5) is 14.9. The van der Waals surface area contributed by atoms with Gasteiger partial charge in [0.15, 0.2) is 5.11 Å². The van der Waals surface area contributed by atoms with Crippen molar-refractivity contribution in [2.45, 2.75) is 0 Å². The number of aromatic hydroxyl groups is 1. The molecule has 14 heavy (non-hydrogen) atoms. The maximum Gasteiger partial charge on any atom is 0.273 e. The summed E-state index contributed by atoms with van der Waals surface area (Å²) in [6.45, 7) is 0. The second kappa shape index (κ2) is 4.38. The maximum atomic E-state index is 11.3. The third-order valence-electron chi connectivity index (χ3n) is 1.34. The van der Waals surface area contributed by atoms with Crippen LogP contribution in [0.5, 0.6) is 5.75 Å². The number of hydrogen-bond donors (Lipinski definition) is 4. The summed E-state index contributed by atoms with van der Waals surface area (Å²) >= 11 is 4.47. The van der Waals surface area contributed by atoms with Crippen molar-refractivity contribution >= 4 is 23.2 Å². The lowest BCUT2D eigenvalue weighted by Crippen LogP contribution is -2.44. The van der Waals surface area contributed by atoms with Crippen LogP contribution in [0.4, 0.5) is 0 Å². The molecule has 0 radical (unpaired) electrons. The molecule has 0 unspecified atom stereocenters. The van der Waals surface area contributed by atoms with Crippen LogP contribution in [0.2, 0.25) is 0 Å². The van der Waals surface area contributed by atoms with Crippen molar-refractivity contribution in [1.29, 1.82) is 0 Å². The molecule has 0 saturated carbocycles. The molecule has 1 aromatic rings. The normalized spacial score (nSPS) is 9.14. The first kappa shape index (κ1) is 10.2. The minimum atomic E-state index is -0.544. The van der Waals surface area contributed by atoms with Crippen molar-refractivity contribution in [3.05, 3.63) is 24.0 Å². The molecule has 0 saturated heterocycles. The molecule has 0 bridgehead atoms. The Balaban J connectivity index is 2.70. The Labute approximate surface area is 85.1 Å². The first-order valence-corrected chi connectivity index (χ1v) is 4.01. The number of rotatable bonds is 1. The van der Waals surface area contributed by atoms with Gasteiger partial charge in [0, 0.05) is 6.20 Å². The second-order valence-corrected chi connectivity index (χ2v) is 2.78. The van der Waals surface area contributed by atoms with Gasteiger partial charge < -0.3 is 10.8 Å². The minimum absolute atomic E-state index is 0.0631. The summed E-state index contributed by atoms with van der Waals surface area (Å²) in [6.07, 6.45) is 2.55. The van der Waals surface area contributed by atoms with E-state index in [1.54, 1.807) is 0 Å². The molecule has 0 aliphatic carbocycles. The van der Waals surface area contributed by atoms with Crippen molar-refractivity contribution in [3.8, 4) is 5.75 Å². The molecule has 7 heteroatoms. The highest BCUT2D eigenvalue weighted by Crippen LogP contribution is 2.12. The molecule has 0 aliphatic rings. The molecule has 6 nitrogen and oxygen atoms in total. The predicted molar refractivity (Wildman–Crippen MR) is 53.3 cm³/mol. The van der Waals surface area contributed by atoms with Gasteiger partial charge in [0.2, 0.25) is 0 Å². The topological polar surface area (TPSA) is 100 Å². The van der Waals surface area contributed by atoms with Crippen LogP contribution in [-0.4, -0.2) is 21.1 Å². The Bertz CT molecular complexity index is 368. The Morgan fingerprint density at radius 3 is 2.86 bits per heavy atom. The van der Waals surface area contributed by atoms with Crippen molar-refractivity contribution in [3.63, 3.8) is 0 Å². The monoisotopic (exact) mass is 212 g/mol. The van der Waals surface area contributed by atoms with E-state index in [2.05, 4.69) is 28.1 Å². The van der Waals surface area contributed by atoms with Gasteiger partial charge in [-0.1, -0.05) is 0 Å². The number of pyridine rings is 1. The van der Waals surface area contributed by atoms with Crippen LogP contribution in [0.25, 0.3) is 0 Å². The van der Waals surface area contributed by atoms with E-state index in [0.29, 0.717) is 0 Å². The second-order valence-electron chi connectivity index (χ2n) is 2.34. The summed E-state index contributed by atoms with van der Waals surface area (Å²) in [5.74, 6) is -0.757. The fourth-order valence-electron chi connectivity index (χ4n) is 0.764. The van der Waals surface area contributed by atoms with Gasteiger partial charge >= 0.3 is 0 Å². The molecule has 0 spiro atoms. The fraction of sp³-hybridized carbons (Fsp3) is 0. The summed E-state index contributed by atoms with van der Waals surface area (Å²) in [5, 5.41) is 9.17. The van der Waals surface area contributed by atoms with Crippen molar-refractivity contribution in [1.82, 2.24) is 15.8 Å². The van der Waals surface area contributed by atoms with Crippen LogP contribution >= 0.6 is 12.2 Å². The summed E-state index contributed by atoms with van der Waals surface area (Å²) in [7, 11) is 0. The Morgan fingerprint density at radius 1 is 1.57 bits per heavy atom. The molecule has 1 heterocycles. The SMILES string of the molecule is NC(=S)NNC(=O)c1ccncc1O. The molecule has 0 aromatic carbocycles. The zero-order valence-corrected chi connectivity index (χ0v) is 7.84. The van der Waals surface area contributed by atoms with Gasteiger partial charge in [0.25, 0.3) is 5.91 Å². The van der Waals surface area contributed by atoms with Gasteiger partial charge in [0.1, 0.15) is 5.75 Å². The van der Waals surface area contributed by atoms with E-state index in [4.69, 9.17) is 5.73 Å². The van der Waals surface area contributed by atoms with E-state index in [1.807, 2.05) is 0 Å². The average Bonchev–Trinajstić information content (AvgIpc) is 2.15. The summed E-state index contributed by atoms with van der Waals surface area (Å²) in [5.41, 5.74) is 9.62. The number of aromatic nitrogens is 1. The van der Waals surface area contributed by atoms with Crippen LogP contribution in [0.1, 0.15) is 10.4 Å². The predicted octanol–water partition coefficient (Wildman–Crippen LogP) is -0.735. The number of carbonyl (C=O) groups is 1. The largest absolute Gasteiger partial charge is 0.505 e. The van der Waals surface area contributed by atoms with Crippen LogP contribution in [-0.2, 0) is 0 Å². The van der Waals surface area contributed by atoms with E-state index in [9.17, 15) is 9.90 Å². The number of nitrogens with one attached hydrogen (secondary N) is 2. The molecule has 0 aliphatic heterocycles. The van der Waals surface area contributed by atoms with Crippen molar-refractivity contribution in [2.24, 2.45) is 5.73 Å². The zero-order valence-electron chi connectivity index (χ0n) is 7.02. The molecule has 0 atom stereocenters. The first-order chi connectivity index (χ1) is 6.61. The maximum absolute atomic E-state index is 11.3. The number of hydrogen-bond acceptors (Lipinski definition) is 4. The lowest BCUT2D eigenvalue weighted by atomic mass is 10.2. The van der Waals surface area contributed by atoms with E-state index in [1.165, 1.54) is 12.3 Å². The highest BCUT2D eigenvalue weighted by Gasteiger charge is 2.09. The van der Waals surface area contributed by atoms with Crippen LogP contribution < -0.4 is 16.6 Å². The third-order valence-corrected chi connectivity index (χ3v) is 1.45. The quantitative estimate of drug-likeness (QED) is 0.361. The fourth-order valence-corrected chi connectivity index (χ4v) is 0.815. The number of nitrogens with zero attached hydrogens (tertiary/aromatic N) is 1. The zero-order chi connectivity index (χ0) is 10.6. The molecule has 1 amide bonds. The highest BCUT2D eigenvalue weighted by molar-refractivity contribution is 7.80. The molecular weight excluding hydrogens is 204 g/mol. The molecule has 1 aromatic heterocycles. The van der Waals surface area contributed by atoms with Gasteiger partial charge in [-0.2, -0.15) is 0 Å². The Morgan fingerprint density at radius 2 is 2.29 bits per heavy atom. The minimum Gasteiger partial charge on any atom is -0.505 e. The van der Waals surface area contributed by atoms with Crippen molar-refractivity contribution in [2.75, 3.05) is 0 Å². The van der Waals surface area contributed by atoms with E-state index in [0.717, 1.165) is 6.20 Å². The molecule has 0 fully saturated rings. The number of amides is 1. The Hall–Kier alpha value is -1.89. The molecule has 5 N–H and O–H groups in total. The molecule has 1 rings (SSSR count). The average molecular weight is 212 g/mol. The lowest BCUT2D eigenvalue weighted by Gasteiger charge is -2.06. The van der Waals surface area contributed by atoms with Gasteiger partial charge in [-0.3, -0.25) is 20.6 Å². The summed E-state index contributed by atoms with van der Waals surface area (Å²) < 4.78 is 0. The summed E-state index contributed by atoms with van der Waals surface area (Å²) in [6, 6.07) is 1.37. The van der Waals surface area contributed by atoms with Crippen LogP contribution in [0.15, 0.2) is 18.5 Å². The van der Waals surface area contributed by atoms with E-state index < -0.39 is 5.91 Å². The Kier molecular flexibility index (Phi) is 3.19. The van der Waals surface area contributed by atoms with Gasteiger partial charge in [-0.25, -0.2) is 0 Å². The molecule has 74 valence electrons. The van der Waals surface area contributed by atoms with Crippen molar-refractivity contribution < 1.29 is 9.90 Å². The number of thiocarbonyl (C=S) groups is 1. The first-order valence-electron chi connectivity index (χ1n) is 3.60. The van der Waals surface area contributed by atoms with Gasteiger partial charge in [-0.15, -0.1) is 0 Å². The molecular formula is C7H8N4O2S. The van der Waals surface area contributed by atoms with Gasteiger partial charge in [-0.05, 0) is 18.3 Å². The van der Waals surface area contributed by atoms with E-state index in [-0.39, 0.29) is 16.4 Å². The number of carbonyl (C=O) groups excluding carboxylic acids is 1. The van der Waals surface area contributed by atoms with E-state index >= 15 is 0 Å². The smallest absolute Gasteiger partial charge is 0.273 e. The lowest BCUT2D eigenvalue weighted by molar-refractivity contribution is 0.0941. The van der Waals surface area contributed by atoms with Crippen LogP contribution in [0.3, 0.4) is 0 Å². The highest BCUT2D eigenvalue weighted by atomic mass is 32.1. The van der Waals surface area contributed by atoms with Crippen LogP contribution in [0, 0.1) is 0 Å². The standard InChI is InChI=1S/C7H8N4O2S/c8-7(14)11-10-6(13)4-1-2-9-3-5(4)12/h1-3,12H,(H,10,13)(H3,8,11,14). The van der Waals surface area contributed by atoms with Gasteiger partial charge in [0.05, 0.1) is 11.8 Å².